The molecule has 0 bridgehead atoms. The molecule has 0 aliphatic carbocycles. The lowest BCUT2D eigenvalue weighted by atomic mass is 9.98. The third-order valence-electron chi connectivity index (χ3n) is 5.43. The molecule has 2 aromatic carbocycles. The summed E-state index contributed by atoms with van der Waals surface area (Å²) in [6.07, 6.45) is -8.71. The summed E-state index contributed by atoms with van der Waals surface area (Å²) in [4.78, 5) is 18.5. The van der Waals surface area contributed by atoms with Gasteiger partial charge in [-0.3, -0.25) is 4.79 Å². The van der Waals surface area contributed by atoms with Gasteiger partial charge in [0.2, 0.25) is 11.7 Å². The van der Waals surface area contributed by atoms with Crippen LogP contribution in [0.4, 0.5) is 30.7 Å². The van der Waals surface area contributed by atoms with Crippen LogP contribution in [-0.2, 0) is 12.4 Å². The number of likely N-dealkylation sites (tertiary alicyclic amines) is 1. The van der Waals surface area contributed by atoms with Crippen LogP contribution in [0.3, 0.4) is 0 Å². The third-order valence-corrected chi connectivity index (χ3v) is 5.43. The van der Waals surface area contributed by atoms with Crippen LogP contribution in [0.2, 0.25) is 0 Å². The number of aromatic nitrogens is 2. The first-order chi connectivity index (χ1) is 15.9. The Hall–Kier alpha value is -3.44. The van der Waals surface area contributed by atoms with E-state index in [0.717, 1.165) is 4.90 Å². The lowest BCUT2D eigenvalue weighted by Gasteiger charge is -2.33. The number of hydrogen-bond donors (Lipinski definition) is 0. The molecule has 1 aliphatic rings. The van der Waals surface area contributed by atoms with E-state index in [1.54, 1.807) is 0 Å². The fourth-order valence-corrected chi connectivity index (χ4v) is 3.76. The van der Waals surface area contributed by atoms with Gasteiger partial charge in [0, 0.05) is 17.7 Å². The topological polar surface area (TPSA) is 59.2 Å². The molecule has 5 nitrogen and oxygen atoms in total. The summed E-state index contributed by atoms with van der Waals surface area (Å²) in [5, 5.41) is 3.81. The molecule has 1 fully saturated rings. The highest BCUT2D eigenvalue weighted by Crippen LogP contribution is 2.38. The second kappa shape index (κ2) is 8.73. The fourth-order valence-electron chi connectivity index (χ4n) is 3.76. The standard InChI is InChI=1S/C22H16F7N3O2/c23-16-6-4-12(5-7-16)18-30-19(34-31-18)17-3-1-2-8-32(17)20(33)13-9-14(21(24,25)26)11-15(10-13)22(27,28)29/h4-7,9-11,17H,1-3,8H2. The Morgan fingerprint density at radius 2 is 1.56 bits per heavy atom. The number of alkyl halides is 6. The van der Waals surface area contributed by atoms with Gasteiger partial charge in [0.1, 0.15) is 11.9 Å². The zero-order valence-corrected chi connectivity index (χ0v) is 17.3. The molecule has 1 aromatic heterocycles. The Bertz CT molecular complexity index is 1150. The van der Waals surface area contributed by atoms with E-state index in [2.05, 4.69) is 10.1 Å². The normalized spacial score (nSPS) is 17.1. The van der Waals surface area contributed by atoms with Crippen molar-refractivity contribution in [2.24, 2.45) is 0 Å². The van der Waals surface area contributed by atoms with Crippen molar-refractivity contribution in [2.75, 3.05) is 6.54 Å². The van der Waals surface area contributed by atoms with Gasteiger partial charge in [0.05, 0.1) is 11.1 Å². The molecule has 0 N–H and O–H groups in total. The molecule has 4 rings (SSSR count). The van der Waals surface area contributed by atoms with E-state index in [1.807, 2.05) is 0 Å². The van der Waals surface area contributed by atoms with E-state index >= 15 is 0 Å². The predicted octanol–water partition coefficient (Wildman–Crippen LogP) is 6.28. The molecule has 3 aromatic rings. The molecule has 1 aliphatic heterocycles. The van der Waals surface area contributed by atoms with Gasteiger partial charge in [-0.15, -0.1) is 0 Å². The maximum Gasteiger partial charge on any atom is 0.416 e. The number of halogens is 7. The summed E-state index contributed by atoms with van der Waals surface area (Å²) < 4.78 is 97.7. The van der Waals surface area contributed by atoms with Crippen LogP contribution in [0.15, 0.2) is 47.0 Å². The van der Waals surface area contributed by atoms with Gasteiger partial charge in [0.15, 0.2) is 0 Å². The van der Waals surface area contributed by atoms with Crippen molar-refractivity contribution in [1.82, 2.24) is 15.0 Å². The van der Waals surface area contributed by atoms with Crippen LogP contribution in [0, 0.1) is 5.82 Å². The Kier molecular flexibility index (Phi) is 6.09. The number of benzene rings is 2. The summed E-state index contributed by atoms with van der Waals surface area (Å²) in [6, 6.07) is 5.14. The van der Waals surface area contributed by atoms with Crippen molar-refractivity contribution in [3.63, 3.8) is 0 Å². The first-order valence-electron chi connectivity index (χ1n) is 10.1. The zero-order chi connectivity index (χ0) is 24.7. The van der Waals surface area contributed by atoms with Crippen molar-refractivity contribution in [3.8, 4) is 11.4 Å². The lowest BCUT2D eigenvalue weighted by Crippen LogP contribution is -2.39. The van der Waals surface area contributed by atoms with E-state index in [9.17, 15) is 35.5 Å². The molecule has 0 saturated carbocycles. The number of rotatable bonds is 3. The minimum Gasteiger partial charge on any atom is -0.337 e. The molecule has 1 atom stereocenters. The Balaban J connectivity index is 1.68. The molecule has 1 amide bonds. The largest absolute Gasteiger partial charge is 0.416 e. The SMILES string of the molecule is O=C(c1cc(C(F)(F)F)cc(C(F)(F)F)c1)N1CCCCC1c1nc(-c2ccc(F)cc2)no1. The van der Waals surface area contributed by atoms with Crippen LogP contribution in [0.5, 0.6) is 0 Å². The summed E-state index contributed by atoms with van der Waals surface area (Å²) in [7, 11) is 0. The zero-order valence-electron chi connectivity index (χ0n) is 17.3. The van der Waals surface area contributed by atoms with Crippen LogP contribution in [0.25, 0.3) is 11.4 Å². The fraction of sp³-hybridized carbons (Fsp3) is 0.318. The van der Waals surface area contributed by atoms with Gasteiger partial charge >= 0.3 is 12.4 Å². The maximum absolute atomic E-state index is 13.2. The van der Waals surface area contributed by atoms with E-state index in [-0.39, 0.29) is 24.3 Å². The highest BCUT2D eigenvalue weighted by atomic mass is 19.4. The quantitative estimate of drug-likeness (QED) is 0.408. The van der Waals surface area contributed by atoms with Gasteiger partial charge < -0.3 is 9.42 Å². The van der Waals surface area contributed by atoms with E-state index in [0.29, 0.717) is 37.0 Å². The smallest absolute Gasteiger partial charge is 0.337 e. The Morgan fingerprint density at radius 3 is 2.15 bits per heavy atom. The molecule has 34 heavy (non-hydrogen) atoms. The highest BCUT2D eigenvalue weighted by Gasteiger charge is 2.39. The monoisotopic (exact) mass is 487 g/mol. The van der Waals surface area contributed by atoms with Gasteiger partial charge in [0.25, 0.3) is 5.91 Å². The molecule has 0 radical (unpaired) electrons. The number of carbonyl (C=O) groups excluding carboxylic acids is 1. The average molecular weight is 487 g/mol. The molecule has 1 saturated heterocycles. The molecular formula is C22H16F7N3O2. The summed E-state index contributed by atoms with van der Waals surface area (Å²) in [5.41, 5.74) is -3.46. The summed E-state index contributed by atoms with van der Waals surface area (Å²) in [5.74, 6) is -1.40. The number of carbonyl (C=O) groups is 1. The Labute approximate surface area is 188 Å². The van der Waals surface area contributed by atoms with Crippen LogP contribution >= 0.6 is 0 Å². The first-order valence-corrected chi connectivity index (χ1v) is 10.1. The van der Waals surface area contributed by atoms with Crippen LogP contribution in [0.1, 0.15) is 52.7 Å². The Morgan fingerprint density at radius 1 is 0.941 bits per heavy atom. The van der Waals surface area contributed by atoms with Crippen molar-refractivity contribution in [2.45, 2.75) is 37.7 Å². The molecule has 0 spiro atoms. The maximum atomic E-state index is 13.2. The number of hydrogen-bond acceptors (Lipinski definition) is 4. The first kappa shape index (κ1) is 23.7. The van der Waals surface area contributed by atoms with Crippen molar-refractivity contribution < 1.29 is 40.1 Å². The van der Waals surface area contributed by atoms with Crippen molar-refractivity contribution in [1.29, 1.82) is 0 Å². The second-order valence-electron chi connectivity index (χ2n) is 7.77. The molecule has 2 heterocycles. The molecule has 12 heteroatoms. The van der Waals surface area contributed by atoms with Gasteiger partial charge in [-0.25, -0.2) is 4.39 Å². The number of amides is 1. The second-order valence-corrected chi connectivity index (χ2v) is 7.77. The van der Waals surface area contributed by atoms with E-state index < -0.39 is 46.8 Å². The predicted molar refractivity (Wildman–Crippen MR) is 104 cm³/mol. The van der Waals surface area contributed by atoms with E-state index in [1.165, 1.54) is 24.3 Å². The molecule has 180 valence electrons. The summed E-state index contributed by atoms with van der Waals surface area (Å²) >= 11 is 0. The lowest BCUT2D eigenvalue weighted by molar-refractivity contribution is -0.143. The third kappa shape index (κ3) is 4.90. The molecule has 1 unspecified atom stereocenters. The summed E-state index contributed by atoms with van der Waals surface area (Å²) in [6.45, 7) is 0.0787. The van der Waals surface area contributed by atoms with Crippen molar-refractivity contribution in [3.05, 3.63) is 70.9 Å². The number of piperidine rings is 1. The minimum absolute atomic E-state index is 0.0182. The highest BCUT2D eigenvalue weighted by molar-refractivity contribution is 5.95. The van der Waals surface area contributed by atoms with Gasteiger partial charge in [-0.05, 0) is 61.7 Å². The van der Waals surface area contributed by atoms with E-state index in [4.69, 9.17) is 4.52 Å². The molecular weight excluding hydrogens is 471 g/mol. The number of nitrogens with zero attached hydrogens (tertiary/aromatic N) is 3. The van der Waals surface area contributed by atoms with Gasteiger partial charge in [-0.2, -0.15) is 31.3 Å². The van der Waals surface area contributed by atoms with Crippen LogP contribution < -0.4 is 0 Å². The van der Waals surface area contributed by atoms with Crippen molar-refractivity contribution >= 4 is 5.91 Å². The average Bonchev–Trinajstić information content (AvgIpc) is 3.28. The van der Waals surface area contributed by atoms with Crippen LogP contribution in [-0.4, -0.2) is 27.5 Å². The van der Waals surface area contributed by atoms with Gasteiger partial charge in [-0.1, -0.05) is 5.16 Å². The minimum atomic E-state index is -5.08.